The van der Waals surface area contributed by atoms with Gasteiger partial charge in [0.1, 0.15) is 0 Å². The molecule has 0 saturated carbocycles. The SMILES string of the molecule is CN1C(=O)CC(C(=O)O)C1c1ccc(C(F)F)cc1. The number of carboxylic acids is 1. The van der Waals surface area contributed by atoms with E-state index in [1.54, 1.807) is 0 Å². The van der Waals surface area contributed by atoms with E-state index in [9.17, 15) is 18.4 Å². The van der Waals surface area contributed by atoms with E-state index in [4.69, 9.17) is 5.11 Å². The van der Waals surface area contributed by atoms with Crippen LogP contribution < -0.4 is 0 Å². The van der Waals surface area contributed by atoms with Crippen molar-refractivity contribution in [2.45, 2.75) is 18.9 Å². The number of likely N-dealkylation sites (tertiary alicyclic amines) is 1. The van der Waals surface area contributed by atoms with E-state index in [1.807, 2.05) is 0 Å². The molecule has 2 atom stereocenters. The Morgan fingerprint density at radius 3 is 2.42 bits per heavy atom. The van der Waals surface area contributed by atoms with E-state index in [0.717, 1.165) is 0 Å². The number of benzene rings is 1. The molecule has 1 aromatic carbocycles. The van der Waals surface area contributed by atoms with Gasteiger partial charge in [-0.25, -0.2) is 8.78 Å². The van der Waals surface area contributed by atoms with Crippen LogP contribution in [0.2, 0.25) is 0 Å². The molecule has 102 valence electrons. The quantitative estimate of drug-likeness (QED) is 0.915. The monoisotopic (exact) mass is 269 g/mol. The van der Waals surface area contributed by atoms with Crippen LogP contribution in [-0.2, 0) is 9.59 Å². The number of aliphatic carboxylic acids is 1. The molecule has 2 rings (SSSR count). The summed E-state index contributed by atoms with van der Waals surface area (Å²) in [5.74, 6) is -2.15. The van der Waals surface area contributed by atoms with E-state index in [-0.39, 0.29) is 17.9 Å². The highest BCUT2D eigenvalue weighted by Gasteiger charge is 2.42. The molecule has 1 aliphatic rings. The minimum atomic E-state index is -2.56. The second-order valence-electron chi connectivity index (χ2n) is 4.57. The molecule has 1 aromatic rings. The molecule has 1 aliphatic heterocycles. The van der Waals surface area contributed by atoms with Crippen LogP contribution in [0.15, 0.2) is 24.3 Å². The van der Waals surface area contributed by atoms with E-state index in [2.05, 4.69) is 0 Å². The number of halogens is 2. The highest BCUT2D eigenvalue weighted by Crippen LogP contribution is 2.37. The van der Waals surface area contributed by atoms with Gasteiger partial charge in [0, 0.05) is 19.0 Å². The van der Waals surface area contributed by atoms with Crippen LogP contribution in [0.4, 0.5) is 8.78 Å². The highest BCUT2D eigenvalue weighted by molar-refractivity contribution is 5.87. The molecule has 1 amide bonds. The van der Waals surface area contributed by atoms with Crippen molar-refractivity contribution in [3.05, 3.63) is 35.4 Å². The van der Waals surface area contributed by atoms with Crippen LogP contribution in [-0.4, -0.2) is 28.9 Å². The number of carboxylic acid groups (broad SMARTS) is 1. The Morgan fingerprint density at radius 2 is 1.95 bits per heavy atom. The maximum absolute atomic E-state index is 12.5. The average Bonchev–Trinajstić information content (AvgIpc) is 2.66. The normalized spacial score (nSPS) is 23.2. The number of hydrogen-bond acceptors (Lipinski definition) is 2. The Labute approximate surface area is 108 Å². The second kappa shape index (κ2) is 4.95. The van der Waals surface area contributed by atoms with Crippen molar-refractivity contribution in [3.63, 3.8) is 0 Å². The lowest BCUT2D eigenvalue weighted by atomic mass is 9.93. The molecule has 1 N–H and O–H groups in total. The van der Waals surface area contributed by atoms with Gasteiger partial charge in [-0.1, -0.05) is 24.3 Å². The fourth-order valence-electron chi connectivity index (χ4n) is 2.39. The van der Waals surface area contributed by atoms with Crippen molar-refractivity contribution in [2.75, 3.05) is 7.05 Å². The molecule has 1 heterocycles. The van der Waals surface area contributed by atoms with Crippen LogP contribution in [0.1, 0.15) is 30.0 Å². The first kappa shape index (κ1) is 13.5. The predicted molar refractivity (Wildman–Crippen MR) is 62.7 cm³/mol. The zero-order chi connectivity index (χ0) is 14.2. The molecule has 0 aliphatic carbocycles. The number of amides is 1. The molecule has 4 nitrogen and oxygen atoms in total. The van der Waals surface area contributed by atoms with Crippen LogP contribution in [0.3, 0.4) is 0 Å². The maximum atomic E-state index is 12.5. The summed E-state index contributed by atoms with van der Waals surface area (Å²) >= 11 is 0. The Kier molecular flexibility index (Phi) is 3.50. The van der Waals surface area contributed by atoms with Crippen LogP contribution in [0.5, 0.6) is 0 Å². The Balaban J connectivity index is 2.32. The Bertz CT molecular complexity index is 501. The summed E-state index contributed by atoms with van der Waals surface area (Å²) in [7, 11) is 1.52. The summed E-state index contributed by atoms with van der Waals surface area (Å²) in [5.41, 5.74) is 0.438. The molecule has 19 heavy (non-hydrogen) atoms. The van der Waals surface area contributed by atoms with Gasteiger partial charge >= 0.3 is 5.97 Å². The highest BCUT2D eigenvalue weighted by atomic mass is 19.3. The molecule has 0 bridgehead atoms. The van der Waals surface area contributed by atoms with Gasteiger partial charge in [0.15, 0.2) is 0 Å². The standard InChI is InChI=1S/C13H13F2NO3/c1-16-10(17)6-9(13(18)19)11(16)7-2-4-8(5-3-7)12(14)15/h2-5,9,11-12H,6H2,1H3,(H,18,19). The number of nitrogens with zero attached hydrogens (tertiary/aromatic N) is 1. The van der Waals surface area contributed by atoms with Crippen molar-refractivity contribution in [3.8, 4) is 0 Å². The topological polar surface area (TPSA) is 57.6 Å². The van der Waals surface area contributed by atoms with Crippen molar-refractivity contribution in [2.24, 2.45) is 5.92 Å². The van der Waals surface area contributed by atoms with Crippen LogP contribution in [0.25, 0.3) is 0 Å². The van der Waals surface area contributed by atoms with Gasteiger partial charge in [-0.05, 0) is 5.56 Å². The summed E-state index contributed by atoms with van der Waals surface area (Å²) < 4.78 is 24.9. The molecule has 2 unspecified atom stereocenters. The van der Waals surface area contributed by atoms with Crippen LogP contribution >= 0.6 is 0 Å². The van der Waals surface area contributed by atoms with Crippen molar-refractivity contribution in [1.82, 2.24) is 4.90 Å². The first-order valence-electron chi connectivity index (χ1n) is 5.78. The van der Waals surface area contributed by atoms with E-state index in [1.165, 1.54) is 36.2 Å². The van der Waals surface area contributed by atoms with Gasteiger partial charge in [0.05, 0.1) is 12.0 Å². The Morgan fingerprint density at radius 1 is 1.37 bits per heavy atom. The second-order valence-corrected chi connectivity index (χ2v) is 4.57. The third-order valence-electron chi connectivity index (χ3n) is 3.43. The van der Waals surface area contributed by atoms with Gasteiger partial charge in [-0.15, -0.1) is 0 Å². The predicted octanol–water partition coefficient (Wildman–Crippen LogP) is 2.23. The molecular weight excluding hydrogens is 256 g/mol. The number of alkyl halides is 2. The van der Waals surface area contributed by atoms with E-state index in [0.29, 0.717) is 5.56 Å². The summed E-state index contributed by atoms with van der Waals surface area (Å²) in [5, 5.41) is 9.12. The Hall–Kier alpha value is -1.98. The smallest absolute Gasteiger partial charge is 0.309 e. The molecular formula is C13H13F2NO3. The summed E-state index contributed by atoms with van der Waals surface area (Å²) in [6.07, 6.45) is -2.63. The third kappa shape index (κ3) is 2.43. The first-order chi connectivity index (χ1) is 8.91. The summed E-state index contributed by atoms with van der Waals surface area (Å²) in [4.78, 5) is 24.1. The number of hydrogen-bond donors (Lipinski definition) is 1. The van der Waals surface area contributed by atoms with Gasteiger partial charge < -0.3 is 10.0 Å². The average molecular weight is 269 g/mol. The largest absolute Gasteiger partial charge is 0.481 e. The fraction of sp³-hybridized carbons (Fsp3) is 0.385. The lowest BCUT2D eigenvalue weighted by molar-refractivity contribution is -0.142. The van der Waals surface area contributed by atoms with Gasteiger partial charge in [0.2, 0.25) is 5.91 Å². The number of rotatable bonds is 3. The number of carbonyl (C=O) groups excluding carboxylic acids is 1. The molecule has 0 spiro atoms. The van der Waals surface area contributed by atoms with Crippen molar-refractivity contribution >= 4 is 11.9 Å². The van der Waals surface area contributed by atoms with Gasteiger partial charge in [-0.3, -0.25) is 9.59 Å². The lowest BCUT2D eigenvalue weighted by Gasteiger charge is -2.23. The molecule has 0 aromatic heterocycles. The zero-order valence-corrected chi connectivity index (χ0v) is 10.2. The van der Waals surface area contributed by atoms with Gasteiger partial charge in [-0.2, -0.15) is 0 Å². The molecule has 1 fully saturated rings. The molecule has 6 heteroatoms. The maximum Gasteiger partial charge on any atom is 0.309 e. The summed E-state index contributed by atoms with van der Waals surface area (Å²) in [6, 6.07) is 4.83. The third-order valence-corrected chi connectivity index (χ3v) is 3.43. The molecule has 0 radical (unpaired) electrons. The minimum absolute atomic E-state index is 0.0624. The van der Waals surface area contributed by atoms with Gasteiger partial charge in [0.25, 0.3) is 6.43 Å². The first-order valence-corrected chi connectivity index (χ1v) is 5.78. The zero-order valence-electron chi connectivity index (χ0n) is 10.2. The van der Waals surface area contributed by atoms with Crippen molar-refractivity contribution in [1.29, 1.82) is 0 Å². The number of carbonyl (C=O) groups is 2. The van der Waals surface area contributed by atoms with Crippen LogP contribution in [0, 0.1) is 5.92 Å². The van der Waals surface area contributed by atoms with E-state index >= 15 is 0 Å². The van der Waals surface area contributed by atoms with Crippen molar-refractivity contribution < 1.29 is 23.5 Å². The van der Waals surface area contributed by atoms with E-state index < -0.39 is 24.4 Å². The fourth-order valence-corrected chi connectivity index (χ4v) is 2.39. The molecule has 1 saturated heterocycles. The summed E-state index contributed by atoms with van der Waals surface area (Å²) in [6.45, 7) is 0. The minimum Gasteiger partial charge on any atom is -0.481 e. The lowest BCUT2D eigenvalue weighted by Crippen LogP contribution is -2.26.